The minimum atomic E-state index is -0.382. The normalized spacial score (nSPS) is 18.5. The second-order valence-electron chi connectivity index (χ2n) is 9.59. The van der Waals surface area contributed by atoms with E-state index in [1.807, 2.05) is 24.3 Å². The number of furan rings is 1. The number of pyridine rings is 1. The zero-order valence-electron chi connectivity index (χ0n) is 20.8. The first-order chi connectivity index (χ1) is 17.0. The largest absolute Gasteiger partial charge is 0.464 e. The molecule has 2 N–H and O–H groups in total. The molecule has 2 heterocycles. The Kier molecular flexibility index (Phi) is 8.56. The Bertz CT molecular complexity index is 1170. The van der Waals surface area contributed by atoms with Crippen LogP contribution in [0.1, 0.15) is 71.6 Å². The highest BCUT2D eigenvalue weighted by Gasteiger charge is 2.26. The van der Waals surface area contributed by atoms with E-state index in [4.69, 9.17) is 4.42 Å². The topological polar surface area (TPSA) is 67.2 Å². The number of hydrogen-bond donors (Lipinski definition) is 2. The molecule has 1 aromatic carbocycles. The highest BCUT2D eigenvalue weighted by Crippen LogP contribution is 2.34. The Morgan fingerprint density at radius 3 is 2.91 bits per heavy atom. The van der Waals surface area contributed by atoms with Gasteiger partial charge < -0.3 is 15.1 Å². The highest BCUT2D eigenvalue weighted by molar-refractivity contribution is 5.92. The Labute approximate surface area is 207 Å². The molecule has 1 saturated carbocycles. The first kappa shape index (κ1) is 25.0. The monoisotopic (exact) mass is 477 g/mol. The lowest BCUT2D eigenvalue weighted by Gasteiger charge is -2.31. The third-order valence-corrected chi connectivity index (χ3v) is 6.84. The second-order valence-corrected chi connectivity index (χ2v) is 9.59. The predicted molar refractivity (Wildman–Crippen MR) is 139 cm³/mol. The van der Waals surface area contributed by atoms with Crippen molar-refractivity contribution in [2.75, 3.05) is 5.32 Å². The van der Waals surface area contributed by atoms with E-state index in [0.717, 1.165) is 49.6 Å². The zero-order valence-corrected chi connectivity index (χ0v) is 20.8. The third-order valence-electron chi connectivity index (χ3n) is 6.84. The van der Waals surface area contributed by atoms with Gasteiger partial charge in [-0.1, -0.05) is 56.9 Å². The molecule has 1 aliphatic carbocycles. The highest BCUT2D eigenvalue weighted by atomic mass is 19.1. The molecule has 186 valence electrons. The maximum Gasteiger partial charge on any atom is 0.217 e. The number of rotatable bonds is 10. The van der Waals surface area contributed by atoms with Crippen LogP contribution in [0.25, 0.3) is 22.1 Å². The lowest BCUT2D eigenvalue weighted by Crippen LogP contribution is -2.38. The minimum absolute atomic E-state index is 0.0191. The summed E-state index contributed by atoms with van der Waals surface area (Å²) in [6.45, 7) is 3.80. The summed E-state index contributed by atoms with van der Waals surface area (Å²) >= 11 is 0. The Morgan fingerprint density at radius 2 is 2.09 bits per heavy atom. The Morgan fingerprint density at radius 1 is 1.20 bits per heavy atom. The van der Waals surface area contributed by atoms with E-state index >= 15 is 0 Å². The van der Waals surface area contributed by atoms with Crippen LogP contribution in [-0.2, 0) is 4.79 Å². The van der Waals surface area contributed by atoms with Crippen molar-refractivity contribution in [2.24, 2.45) is 5.92 Å². The van der Waals surface area contributed by atoms with Gasteiger partial charge in [-0.05, 0) is 44.2 Å². The van der Waals surface area contributed by atoms with Crippen LogP contribution in [0.3, 0.4) is 0 Å². The number of nitrogens with zero attached hydrogens (tertiary/aromatic N) is 1. The number of anilines is 1. The number of aromatic nitrogens is 1. The lowest BCUT2D eigenvalue weighted by atomic mass is 9.83. The lowest BCUT2D eigenvalue weighted by molar-refractivity contribution is -0.119. The smallest absolute Gasteiger partial charge is 0.217 e. The van der Waals surface area contributed by atoms with Crippen LogP contribution in [0.5, 0.6) is 0 Å². The van der Waals surface area contributed by atoms with Gasteiger partial charge in [0.15, 0.2) is 0 Å². The number of para-hydroxylation sites is 1. The number of benzene rings is 1. The molecule has 0 spiro atoms. The van der Waals surface area contributed by atoms with Gasteiger partial charge in [-0.25, -0.2) is 9.37 Å². The zero-order chi connectivity index (χ0) is 24.6. The summed E-state index contributed by atoms with van der Waals surface area (Å²) in [4.78, 5) is 16.0. The summed E-state index contributed by atoms with van der Waals surface area (Å²) in [5.41, 5.74) is 2.97. The summed E-state index contributed by atoms with van der Waals surface area (Å²) in [7, 11) is 0. The van der Waals surface area contributed by atoms with Crippen LogP contribution in [0.15, 0.2) is 59.0 Å². The van der Waals surface area contributed by atoms with Crippen molar-refractivity contribution in [2.45, 2.75) is 77.7 Å². The number of nitrogens with one attached hydrogen (secondary N) is 2. The summed E-state index contributed by atoms with van der Waals surface area (Å²) in [6, 6.07) is 9.57. The second kappa shape index (κ2) is 12.0. The van der Waals surface area contributed by atoms with E-state index in [-0.39, 0.29) is 17.8 Å². The average molecular weight is 478 g/mol. The van der Waals surface area contributed by atoms with Crippen molar-refractivity contribution < 1.29 is 13.6 Å². The fraction of sp³-hybridized carbons (Fsp3) is 0.448. The minimum Gasteiger partial charge on any atom is -0.464 e. The van der Waals surface area contributed by atoms with Gasteiger partial charge in [0.1, 0.15) is 17.2 Å². The molecule has 4 rings (SSSR count). The van der Waals surface area contributed by atoms with Crippen molar-refractivity contribution in [1.82, 2.24) is 10.3 Å². The molecule has 1 fully saturated rings. The Balaban J connectivity index is 1.58. The number of carbonyl (C=O) groups excluding carboxylic acids is 1. The van der Waals surface area contributed by atoms with Gasteiger partial charge in [-0.3, -0.25) is 4.79 Å². The van der Waals surface area contributed by atoms with Crippen LogP contribution in [0.4, 0.5) is 10.2 Å². The molecule has 5 nitrogen and oxygen atoms in total. The molecule has 35 heavy (non-hydrogen) atoms. The number of allylic oxidation sites excluding steroid dienone is 2. The maximum atomic E-state index is 14.9. The number of hydrogen-bond acceptors (Lipinski definition) is 4. The molecule has 2 atom stereocenters. The summed E-state index contributed by atoms with van der Waals surface area (Å²) < 4.78 is 20.5. The first-order valence-electron chi connectivity index (χ1n) is 12.9. The van der Waals surface area contributed by atoms with E-state index in [0.29, 0.717) is 28.4 Å². The first-order valence-corrected chi connectivity index (χ1v) is 12.9. The van der Waals surface area contributed by atoms with Gasteiger partial charge in [-0.2, -0.15) is 0 Å². The summed E-state index contributed by atoms with van der Waals surface area (Å²) in [5, 5.41) is 7.57. The van der Waals surface area contributed by atoms with E-state index < -0.39 is 0 Å². The molecule has 0 unspecified atom stereocenters. The molecule has 1 aliphatic rings. The van der Waals surface area contributed by atoms with E-state index in [1.165, 1.54) is 25.5 Å². The molecule has 2 aromatic heterocycles. The van der Waals surface area contributed by atoms with Crippen molar-refractivity contribution in [3.05, 3.63) is 60.4 Å². The number of unbranched alkanes of at least 4 members (excludes halogenated alkanes) is 4. The van der Waals surface area contributed by atoms with Crippen molar-refractivity contribution in [1.29, 1.82) is 0 Å². The molecular formula is C29H36FN3O2. The van der Waals surface area contributed by atoms with Gasteiger partial charge in [0, 0.05) is 41.1 Å². The molecule has 0 radical (unpaired) electrons. The SMILES string of the molecule is CCCCCCC=C(Nc1cc(-c2cccc3ccoc23)c(F)cn1)[C@H]1CCC[C@@H](NC(C)=O)C1. The van der Waals surface area contributed by atoms with E-state index in [1.54, 1.807) is 19.3 Å². The maximum absolute atomic E-state index is 14.9. The molecule has 0 bridgehead atoms. The molecular weight excluding hydrogens is 441 g/mol. The molecule has 6 heteroatoms. The number of carbonyl (C=O) groups is 1. The van der Waals surface area contributed by atoms with Crippen LogP contribution < -0.4 is 10.6 Å². The molecule has 0 saturated heterocycles. The third kappa shape index (κ3) is 6.50. The fourth-order valence-electron chi connectivity index (χ4n) is 5.11. The van der Waals surface area contributed by atoms with Crippen LogP contribution in [-0.4, -0.2) is 16.9 Å². The predicted octanol–water partition coefficient (Wildman–Crippen LogP) is 7.60. The van der Waals surface area contributed by atoms with E-state index in [2.05, 4.69) is 28.6 Å². The number of fused-ring (bicyclic) bond motifs is 1. The van der Waals surface area contributed by atoms with Gasteiger partial charge in [0.05, 0.1) is 12.5 Å². The number of amides is 1. The van der Waals surface area contributed by atoms with Crippen LogP contribution in [0, 0.1) is 11.7 Å². The van der Waals surface area contributed by atoms with Crippen LogP contribution >= 0.6 is 0 Å². The standard InChI is InChI=1S/C29H36FN3O2/c1-3-4-5-6-7-14-27(22-11-8-12-23(17-22)32-20(2)34)33-28-18-25(26(30)19-31-28)24-13-9-10-21-15-16-35-29(21)24/h9-10,13-16,18-19,22-23H,3-8,11-12,17H2,1-2H3,(H,31,33)(H,32,34)/t22-,23+/m0/s1. The summed E-state index contributed by atoms with van der Waals surface area (Å²) in [5.74, 6) is 0.556. The van der Waals surface area contributed by atoms with Crippen molar-refractivity contribution in [3.8, 4) is 11.1 Å². The molecule has 3 aromatic rings. The van der Waals surface area contributed by atoms with Gasteiger partial charge in [0.25, 0.3) is 0 Å². The van der Waals surface area contributed by atoms with Gasteiger partial charge in [0.2, 0.25) is 5.91 Å². The summed E-state index contributed by atoms with van der Waals surface area (Å²) in [6.07, 6.45) is 15.0. The van der Waals surface area contributed by atoms with Crippen molar-refractivity contribution in [3.63, 3.8) is 0 Å². The van der Waals surface area contributed by atoms with Crippen LogP contribution in [0.2, 0.25) is 0 Å². The van der Waals surface area contributed by atoms with E-state index in [9.17, 15) is 9.18 Å². The average Bonchev–Trinajstić information content (AvgIpc) is 3.33. The van der Waals surface area contributed by atoms with Gasteiger partial charge >= 0.3 is 0 Å². The van der Waals surface area contributed by atoms with Gasteiger partial charge in [-0.15, -0.1) is 0 Å². The molecule has 1 amide bonds. The fourth-order valence-corrected chi connectivity index (χ4v) is 5.11. The molecule has 0 aliphatic heterocycles. The number of halogens is 1. The Hall–Kier alpha value is -3.15. The quantitative estimate of drug-likeness (QED) is 0.295. The van der Waals surface area contributed by atoms with Crippen molar-refractivity contribution >= 4 is 22.7 Å².